The molecule has 0 saturated carbocycles. The van der Waals surface area contributed by atoms with Crippen LogP contribution >= 0.6 is 45.2 Å². The quantitative estimate of drug-likeness (QED) is 0.447. The Morgan fingerprint density at radius 1 is 1.67 bits per heavy atom. The molecule has 0 aromatic heterocycles. The molecule has 0 saturated heterocycles. The summed E-state index contributed by atoms with van der Waals surface area (Å²) < 4.78 is 4.11. The second-order valence-corrected chi connectivity index (χ2v) is 2.79. The molecule has 0 spiro atoms. The Hall–Kier alpha value is 2.30. The van der Waals surface area contributed by atoms with Crippen LogP contribution in [-0.4, -0.2) is 0 Å². The first-order valence-corrected chi connectivity index (χ1v) is 3.29. The van der Waals surface area contributed by atoms with E-state index in [1.165, 1.54) is 3.58 Å². The van der Waals surface area contributed by atoms with Crippen LogP contribution in [-0.2, 0) is 32.7 Å². The number of allylic oxidation sites excluding steroid dienone is 1. The molecule has 0 aliphatic heterocycles. The van der Waals surface area contributed by atoms with E-state index in [-0.39, 0.29) is 32.7 Å². The van der Waals surface area contributed by atoms with Crippen molar-refractivity contribution < 1.29 is 32.7 Å². The molecule has 0 N–H and O–H groups in total. The summed E-state index contributed by atoms with van der Waals surface area (Å²) in [6.45, 7) is 2.01. The fraction of sp³-hybridized carbons (Fsp3) is 0.333. The van der Waals surface area contributed by atoms with Crippen LogP contribution in [0.25, 0.3) is 0 Å². The second-order valence-electron chi connectivity index (χ2n) is 0.628. The Labute approximate surface area is 90.7 Å². The third-order valence-electron chi connectivity index (χ3n) is 0.130. The van der Waals surface area contributed by atoms with Crippen molar-refractivity contribution in [2.24, 2.45) is 0 Å². The van der Waals surface area contributed by atoms with Crippen LogP contribution in [0.3, 0.4) is 0 Å². The number of rotatable bonds is 0. The van der Waals surface area contributed by atoms with Gasteiger partial charge in [-0.3, -0.25) is 0 Å². The molecule has 0 amide bonds. The summed E-state index contributed by atoms with van der Waals surface area (Å²) in [5.41, 5.74) is 0. The van der Waals surface area contributed by atoms with Crippen LogP contribution in [0, 0.1) is 4.08 Å². The standard InChI is InChI=1S/C3H3I2.Y/c1-3(5)2-4;/h1H3;/q-1;+3. The van der Waals surface area contributed by atoms with E-state index >= 15 is 0 Å². The Bertz CT molecular complexity index is 46.8. The molecule has 0 aromatic carbocycles. The molecule has 0 bridgehead atoms. The van der Waals surface area contributed by atoms with Crippen molar-refractivity contribution >= 4 is 45.2 Å². The molecular weight excluding hydrogens is 379 g/mol. The van der Waals surface area contributed by atoms with Gasteiger partial charge in [-0.15, -0.1) is 0 Å². The smallest absolute Gasteiger partial charge is 0.416 e. The van der Waals surface area contributed by atoms with E-state index in [0.717, 1.165) is 0 Å². The maximum absolute atomic E-state index is 2.90. The van der Waals surface area contributed by atoms with Gasteiger partial charge in [0.1, 0.15) is 0 Å². The molecule has 0 radical (unpaired) electrons. The summed E-state index contributed by atoms with van der Waals surface area (Å²) in [7, 11) is 0. The van der Waals surface area contributed by atoms with Crippen LogP contribution in [0.4, 0.5) is 0 Å². The average molecular weight is 382 g/mol. The van der Waals surface area contributed by atoms with E-state index in [2.05, 4.69) is 49.3 Å². The van der Waals surface area contributed by atoms with Crippen molar-refractivity contribution in [2.75, 3.05) is 0 Å². The van der Waals surface area contributed by atoms with Crippen molar-refractivity contribution in [3.8, 4) is 0 Å². The fourth-order valence-corrected chi connectivity index (χ4v) is 0. The van der Waals surface area contributed by atoms with Crippen molar-refractivity contribution in [1.29, 1.82) is 0 Å². The average Bonchev–Trinajstić information content (AvgIpc) is 1.38. The zero-order valence-corrected chi connectivity index (χ0v) is 10.5. The number of halogens is 2. The minimum atomic E-state index is 0. The van der Waals surface area contributed by atoms with Gasteiger partial charge >= 0.3 is 32.7 Å². The first-order valence-electron chi connectivity index (χ1n) is 1.13. The van der Waals surface area contributed by atoms with E-state index < -0.39 is 0 Å². The van der Waals surface area contributed by atoms with Gasteiger partial charge in [0.2, 0.25) is 0 Å². The van der Waals surface area contributed by atoms with Gasteiger partial charge in [0, 0.05) is 0 Å². The molecule has 0 aliphatic rings. The number of hydrogen-bond donors (Lipinski definition) is 0. The molecular formula is C3H3I2Y+2. The van der Waals surface area contributed by atoms with E-state index in [9.17, 15) is 0 Å². The summed E-state index contributed by atoms with van der Waals surface area (Å²) >= 11 is 4.29. The van der Waals surface area contributed by atoms with Crippen molar-refractivity contribution in [1.82, 2.24) is 0 Å². The first kappa shape index (κ1) is 11.1. The fourth-order valence-electron chi connectivity index (χ4n) is 0. The molecule has 0 heterocycles. The Morgan fingerprint density at radius 3 is 1.83 bits per heavy atom. The van der Waals surface area contributed by atoms with Crippen molar-refractivity contribution in [3.05, 3.63) is 7.66 Å². The Morgan fingerprint density at radius 2 is 1.83 bits per heavy atom. The van der Waals surface area contributed by atoms with Gasteiger partial charge in [-0.05, 0) is 0 Å². The second kappa shape index (κ2) is 7.30. The van der Waals surface area contributed by atoms with E-state index in [1.807, 2.05) is 6.92 Å². The maximum atomic E-state index is 2.90. The predicted octanol–water partition coefficient (Wildman–Crippen LogP) is 2.52. The summed E-state index contributed by atoms with van der Waals surface area (Å²) in [6.07, 6.45) is 0. The van der Waals surface area contributed by atoms with Crippen molar-refractivity contribution in [3.63, 3.8) is 0 Å². The van der Waals surface area contributed by atoms with Crippen molar-refractivity contribution in [2.45, 2.75) is 6.92 Å². The van der Waals surface area contributed by atoms with Crippen LogP contribution in [0.2, 0.25) is 0 Å². The van der Waals surface area contributed by atoms with Crippen LogP contribution in [0.1, 0.15) is 6.92 Å². The minimum absolute atomic E-state index is 0. The molecule has 6 heavy (non-hydrogen) atoms. The van der Waals surface area contributed by atoms with Crippen LogP contribution in [0.5, 0.6) is 0 Å². The SMILES string of the molecule is CC(I)=[C-]I.[Y+3]. The van der Waals surface area contributed by atoms with E-state index in [4.69, 9.17) is 0 Å². The molecule has 30 valence electrons. The molecule has 0 aliphatic carbocycles. The third-order valence-corrected chi connectivity index (χ3v) is 2.24. The Kier molecular flexibility index (Phi) is 13.6. The molecule has 0 atom stereocenters. The molecule has 0 aromatic rings. The Balaban J connectivity index is 0. The number of hydrogen-bond acceptors (Lipinski definition) is 0. The van der Waals surface area contributed by atoms with Gasteiger partial charge in [0.15, 0.2) is 0 Å². The van der Waals surface area contributed by atoms with Gasteiger partial charge in [-0.1, -0.05) is 29.5 Å². The van der Waals surface area contributed by atoms with Gasteiger partial charge in [0.25, 0.3) is 0 Å². The summed E-state index contributed by atoms with van der Waals surface area (Å²) in [6, 6.07) is 0. The topological polar surface area (TPSA) is 0 Å². The van der Waals surface area contributed by atoms with Gasteiger partial charge < -0.3 is 26.7 Å². The van der Waals surface area contributed by atoms with Gasteiger partial charge in [-0.25, -0.2) is 0 Å². The monoisotopic (exact) mass is 382 g/mol. The summed E-state index contributed by atoms with van der Waals surface area (Å²) in [4.78, 5) is 0. The zero-order chi connectivity index (χ0) is 4.28. The normalized spacial score (nSPS) is 10.2. The predicted molar refractivity (Wildman–Crippen MR) is 40.5 cm³/mol. The molecule has 0 unspecified atom stereocenters. The molecule has 3 heteroatoms. The largest absolute Gasteiger partial charge is 3.00 e. The molecule has 0 rings (SSSR count). The maximum Gasteiger partial charge on any atom is 3.00 e. The van der Waals surface area contributed by atoms with Crippen LogP contribution < -0.4 is 0 Å². The van der Waals surface area contributed by atoms with E-state index in [1.54, 1.807) is 0 Å². The summed E-state index contributed by atoms with van der Waals surface area (Å²) in [5, 5.41) is 0. The molecule has 0 nitrogen and oxygen atoms in total. The first-order chi connectivity index (χ1) is 2.27. The minimum Gasteiger partial charge on any atom is -0.416 e. The molecule has 0 fully saturated rings. The van der Waals surface area contributed by atoms with Crippen LogP contribution in [0.15, 0.2) is 3.58 Å². The third kappa shape index (κ3) is 9.57. The summed E-state index contributed by atoms with van der Waals surface area (Å²) in [5.74, 6) is 0. The van der Waals surface area contributed by atoms with E-state index in [0.29, 0.717) is 0 Å². The van der Waals surface area contributed by atoms with Gasteiger partial charge in [0.05, 0.1) is 0 Å². The van der Waals surface area contributed by atoms with Gasteiger partial charge in [-0.2, -0.15) is 3.58 Å². The zero-order valence-electron chi connectivity index (χ0n) is 3.33.